The Hall–Kier alpha value is -1.16. The van der Waals surface area contributed by atoms with Crippen LogP contribution in [0.1, 0.15) is 38.7 Å². The van der Waals surface area contributed by atoms with E-state index in [1.807, 2.05) is 0 Å². The van der Waals surface area contributed by atoms with Crippen LogP contribution in [0.5, 0.6) is 0 Å². The summed E-state index contributed by atoms with van der Waals surface area (Å²) >= 11 is 4.92. The van der Waals surface area contributed by atoms with Crippen LogP contribution in [0.2, 0.25) is 0 Å². The van der Waals surface area contributed by atoms with Crippen LogP contribution in [0.25, 0.3) is 0 Å². The lowest BCUT2D eigenvalue weighted by Crippen LogP contribution is -2.19. The summed E-state index contributed by atoms with van der Waals surface area (Å²) < 4.78 is 13.1. The molecule has 0 fully saturated rings. The highest BCUT2D eigenvalue weighted by Gasteiger charge is 2.09. The molecular formula is C13H19FN2S. The Morgan fingerprint density at radius 3 is 2.82 bits per heavy atom. The maximum absolute atomic E-state index is 13.1. The minimum absolute atomic E-state index is 0.217. The first-order chi connectivity index (χ1) is 8.04. The first kappa shape index (κ1) is 13.9. The molecule has 0 aromatic heterocycles. The van der Waals surface area contributed by atoms with Crippen molar-refractivity contribution >= 4 is 22.9 Å². The van der Waals surface area contributed by atoms with Crippen LogP contribution < -0.4 is 11.1 Å². The monoisotopic (exact) mass is 254 g/mol. The van der Waals surface area contributed by atoms with Crippen LogP contribution in [-0.2, 0) is 0 Å². The minimum Gasteiger partial charge on any atom is -0.389 e. The normalized spacial score (nSPS) is 12.2. The Bertz CT molecular complexity index is 393. The van der Waals surface area contributed by atoms with E-state index in [1.54, 1.807) is 6.07 Å². The highest BCUT2D eigenvalue weighted by Crippen LogP contribution is 2.19. The number of unbranched alkanes of at least 4 members (excludes halogenated alkanes) is 1. The summed E-state index contributed by atoms with van der Waals surface area (Å²) in [6, 6.07) is 4.80. The summed E-state index contributed by atoms with van der Waals surface area (Å²) in [4.78, 5) is 0.217. The van der Waals surface area contributed by atoms with Crippen molar-refractivity contribution in [1.29, 1.82) is 0 Å². The summed E-state index contributed by atoms with van der Waals surface area (Å²) in [5.74, 6) is -0.320. The van der Waals surface area contributed by atoms with E-state index in [1.165, 1.54) is 12.1 Å². The molecule has 1 aromatic rings. The zero-order valence-electron chi connectivity index (χ0n) is 10.3. The molecule has 0 saturated carbocycles. The van der Waals surface area contributed by atoms with Crippen molar-refractivity contribution in [3.05, 3.63) is 29.6 Å². The van der Waals surface area contributed by atoms with Gasteiger partial charge in [0.05, 0.1) is 0 Å². The summed E-state index contributed by atoms with van der Waals surface area (Å²) in [6.45, 7) is 4.26. The lowest BCUT2D eigenvalue weighted by molar-refractivity contribution is 0.626. The molecule has 0 aliphatic heterocycles. The third-order valence-corrected chi connectivity index (χ3v) is 2.86. The van der Waals surface area contributed by atoms with E-state index in [4.69, 9.17) is 18.0 Å². The molecule has 0 radical (unpaired) electrons. The number of nitrogens with one attached hydrogen (secondary N) is 1. The number of hydrogen-bond donors (Lipinski definition) is 2. The Morgan fingerprint density at radius 1 is 1.53 bits per heavy atom. The van der Waals surface area contributed by atoms with Gasteiger partial charge < -0.3 is 11.1 Å². The predicted octanol–water partition coefficient (Wildman–Crippen LogP) is 3.45. The topological polar surface area (TPSA) is 38.0 Å². The van der Waals surface area contributed by atoms with Gasteiger partial charge in [0.2, 0.25) is 0 Å². The van der Waals surface area contributed by atoms with E-state index in [0.717, 1.165) is 24.9 Å². The van der Waals surface area contributed by atoms with Gasteiger partial charge in [-0.25, -0.2) is 4.39 Å². The maximum atomic E-state index is 13.1. The summed E-state index contributed by atoms with van der Waals surface area (Å²) in [5.41, 5.74) is 6.96. The zero-order chi connectivity index (χ0) is 12.8. The first-order valence-electron chi connectivity index (χ1n) is 5.90. The number of thiocarbonyl (C=S) groups is 1. The van der Waals surface area contributed by atoms with Crippen molar-refractivity contribution in [3.63, 3.8) is 0 Å². The van der Waals surface area contributed by atoms with E-state index >= 15 is 0 Å². The van der Waals surface area contributed by atoms with Gasteiger partial charge in [-0.15, -0.1) is 0 Å². The number of hydrogen-bond acceptors (Lipinski definition) is 2. The number of nitrogens with two attached hydrogens (primary N) is 1. The van der Waals surface area contributed by atoms with Crippen LogP contribution in [0.15, 0.2) is 18.2 Å². The van der Waals surface area contributed by atoms with Gasteiger partial charge in [0.15, 0.2) is 0 Å². The van der Waals surface area contributed by atoms with E-state index in [2.05, 4.69) is 19.2 Å². The second-order valence-electron chi connectivity index (χ2n) is 4.24. The quantitative estimate of drug-likeness (QED) is 0.764. The highest BCUT2D eigenvalue weighted by atomic mass is 32.1. The maximum Gasteiger partial charge on any atom is 0.124 e. The fourth-order valence-electron chi connectivity index (χ4n) is 1.69. The Morgan fingerprint density at radius 2 is 2.24 bits per heavy atom. The number of halogens is 1. The van der Waals surface area contributed by atoms with Gasteiger partial charge in [-0.3, -0.25) is 0 Å². The fourth-order valence-corrected chi connectivity index (χ4v) is 1.86. The molecule has 3 N–H and O–H groups in total. The van der Waals surface area contributed by atoms with Crippen LogP contribution in [-0.4, -0.2) is 11.0 Å². The fraction of sp³-hybridized carbons (Fsp3) is 0.462. The van der Waals surface area contributed by atoms with Crippen LogP contribution in [0.3, 0.4) is 0 Å². The molecule has 0 saturated heterocycles. The molecule has 17 heavy (non-hydrogen) atoms. The van der Waals surface area contributed by atoms with Gasteiger partial charge >= 0.3 is 0 Å². The molecule has 0 spiro atoms. The molecule has 94 valence electrons. The zero-order valence-corrected chi connectivity index (χ0v) is 11.1. The lowest BCUT2D eigenvalue weighted by Gasteiger charge is -2.17. The van der Waals surface area contributed by atoms with E-state index in [9.17, 15) is 4.39 Å². The van der Waals surface area contributed by atoms with Crippen LogP contribution >= 0.6 is 12.2 Å². The van der Waals surface area contributed by atoms with Gasteiger partial charge in [0.25, 0.3) is 0 Å². The average Bonchev–Trinajstić information content (AvgIpc) is 2.28. The van der Waals surface area contributed by atoms with Crippen molar-refractivity contribution in [2.75, 3.05) is 5.32 Å². The van der Waals surface area contributed by atoms with Gasteiger partial charge in [-0.2, -0.15) is 0 Å². The van der Waals surface area contributed by atoms with E-state index < -0.39 is 0 Å². The van der Waals surface area contributed by atoms with E-state index in [0.29, 0.717) is 11.6 Å². The lowest BCUT2D eigenvalue weighted by atomic mass is 10.1. The van der Waals surface area contributed by atoms with Crippen LogP contribution in [0, 0.1) is 5.82 Å². The number of anilines is 1. The van der Waals surface area contributed by atoms with Crippen molar-refractivity contribution in [2.45, 2.75) is 39.2 Å². The first-order valence-corrected chi connectivity index (χ1v) is 6.31. The second-order valence-corrected chi connectivity index (χ2v) is 4.68. The highest BCUT2D eigenvalue weighted by molar-refractivity contribution is 7.80. The number of rotatable bonds is 6. The van der Waals surface area contributed by atoms with Crippen molar-refractivity contribution in [1.82, 2.24) is 0 Å². The molecule has 2 nitrogen and oxygen atoms in total. The van der Waals surface area contributed by atoms with Crippen molar-refractivity contribution < 1.29 is 4.39 Å². The molecule has 0 bridgehead atoms. The summed E-state index contributed by atoms with van der Waals surface area (Å²) in [5, 5.41) is 3.32. The van der Waals surface area contributed by atoms with Gasteiger partial charge in [-0.05, 0) is 31.5 Å². The van der Waals surface area contributed by atoms with Gasteiger partial charge in [0, 0.05) is 17.3 Å². The molecule has 0 heterocycles. The molecule has 1 aromatic carbocycles. The molecular weight excluding hydrogens is 235 g/mol. The molecule has 1 atom stereocenters. The third kappa shape index (κ3) is 4.30. The molecule has 0 aliphatic carbocycles. The van der Waals surface area contributed by atoms with Gasteiger partial charge in [-0.1, -0.05) is 32.0 Å². The predicted molar refractivity (Wildman–Crippen MR) is 74.9 cm³/mol. The average molecular weight is 254 g/mol. The summed E-state index contributed by atoms with van der Waals surface area (Å²) in [7, 11) is 0. The Labute approximate surface area is 107 Å². The third-order valence-electron chi connectivity index (χ3n) is 2.64. The molecule has 0 aliphatic rings. The number of benzene rings is 1. The van der Waals surface area contributed by atoms with Crippen molar-refractivity contribution in [3.8, 4) is 0 Å². The molecule has 0 amide bonds. The minimum atomic E-state index is -0.320. The van der Waals surface area contributed by atoms with Crippen molar-refractivity contribution in [2.24, 2.45) is 5.73 Å². The van der Waals surface area contributed by atoms with Gasteiger partial charge in [0.1, 0.15) is 10.8 Å². The second kappa shape index (κ2) is 6.55. The molecule has 1 rings (SSSR count). The Kier molecular flexibility index (Phi) is 5.35. The van der Waals surface area contributed by atoms with Crippen LogP contribution in [0.4, 0.5) is 10.1 Å². The van der Waals surface area contributed by atoms with E-state index in [-0.39, 0.29) is 10.8 Å². The molecule has 4 heteroatoms. The Balaban J connectivity index is 2.79. The SMILES string of the molecule is CCCCC(C)Nc1ccc(F)cc1C(N)=S. The largest absolute Gasteiger partial charge is 0.389 e. The summed E-state index contributed by atoms with van der Waals surface area (Å²) in [6.07, 6.45) is 3.40. The standard InChI is InChI=1S/C13H19FN2S/c1-3-4-5-9(2)16-12-7-6-10(14)8-11(12)13(15)17/h6-9,16H,3-5H2,1-2H3,(H2,15,17). The molecule has 1 unspecified atom stereocenters. The smallest absolute Gasteiger partial charge is 0.124 e.